The zero-order chi connectivity index (χ0) is 18.1. The second kappa shape index (κ2) is 6.85. The Kier molecular flexibility index (Phi) is 4.54. The maximum atomic E-state index is 13.0. The standard InChI is InChI=1S/C20H23N3O2S/c1-23(16-10-6-3-7-11-16)26(24,25)17-12-13-18-19(14-17)22-20(21-18)15-8-4-2-5-9-15/h2,4-5,8-9,12-14,16H,3,6-7,10-11H2,1H3,(H,21,22). The molecule has 1 heterocycles. The lowest BCUT2D eigenvalue weighted by molar-refractivity contribution is 0.286. The summed E-state index contributed by atoms with van der Waals surface area (Å²) in [7, 11) is -1.79. The Balaban J connectivity index is 1.68. The fourth-order valence-corrected chi connectivity index (χ4v) is 5.13. The van der Waals surface area contributed by atoms with Crippen molar-refractivity contribution < 1.29 is 8.42 Å². The SMILES string of the molecule is CN(C1CCCCC1)S(=O)(=O)c1ccc2nc(-c3ccccc3)[nH]c2c1. The van der Waals surface area contributed by atoms with E-state index in [4.69, 9.17) is 0 Å². The van der Waals surface area contributed by atoms with E-state index in [0.717, 1.165) is 48.1 Å². The van der Waals surface area contributed by atoms with Gasteiger partial charge in [0.15, 0.2) is 0 Å². The Labute approximate surface area is 154 Å². The van der Waals surface area contributed by atoms with E-state index in [9.17, 15) is 8.42 Å². The molecule has 1 N–H and O–H groups in total. The van der Waals surface area contributed by atoms with E-state index in [1.807, 2.05) is 30.3 Å². The molecule has 0 saturated heterocycles. The van der Waals surface area contributed by atoms with Crippen molar-refractivity contribution >= 4 is 21.1 Å². The first kappa shape index (κ1) is 17.2. The van der Waals surface area contributed by atoms with Crippen LogP contribution in [0.1, 0.15) is 32.1 Å². The van der Waals surface area contributed by atoms with Gasteiger partial charge in [0.1, 0.15) is 5.82 Å². The molecule has 6 heteroatoms. The van der Waals surface area contributed by atoms with Gasteiger partial charge in [0, 0.05) is 18.7 Å². The van der Waals surface area contributed by atoms with Gasteiger partial charge < -0.3 is 4.98 Å². The number of rotatable bonds is 4. The number of H-pyrrole nitrogens is 1. The summed E-state index contributed by atoms with van der Waals surface area (Å²) in [6.07, 6.45) is 5.29. The van der Waals surface area contributed by atoms with Crippen molar-refractivity contribution in [2.24, 2.45) is 0 Å². The molecule has 0 aliphatic heterocycles. The number of nitrogens with zero attached hydrogens (tertiary/aromatic N) is 2. The summed E-state index contributed by atoms with van der Waals surface area (Å²) >= 11 is 0. The lowest BCUT2D eigenvalue weighted by atomic mass is 9.96. The number of hydrogen-bond donors (Lipinski definition) is 1. The first-order valence-corrected chi connectivity index (χ1v) is 10.5. The van der Waals surface area contributed by atoms with E-state index in [0.29, 0.717) is 4.90 Å². The molecule has 1 aromatic heterocycles. The quantitative estimate of drug-likeness (QED) is 0.750. The van der Waals surface area contributed by atoms with Gasteiger partial charge in [0.25, 0.3) is 0 Å². The van der Waals surface area contributed by atoms with Crippen LogP contribution in [0.15, 0.2) is 53.4 Å². The maximum absolute atomic E-state index is 13.0. The van der Waals surface area contributed by atoms with Gasteiger partial charge in [-0.15, -0.1) is 0 Å². The molecule has 2 aromatic carbocycles. The number of imidazole rings is 1. The van der Waals surface area contributed by atoms with E-state index < -0.39 is 10.0 Å². The molecule has 3 aromatic rings. The van der Waals surface area contributed by atoms with Crippen LogP contribution in [0.4, 0.5) is 0 Å². The van der Waals surface area contributed by atoms with Crippen molar-refractivity contribution in [2.45, 2.75) is 43.0 Å². The molecule has 26 heavy (non-hydrogen) atoms. The molecule has 1 saturated carbocycles. The van der Waals surface area contributed by atoms with Crippen LogP contribution in [-0.4, -0.2) is 35.8 Å². The third kappa shape index (κ3) is 3.15. The summed E-state index contributed by atoms with van der Waals surface area (Å²) < 4.78 is 27.6. The van der Waals surface area contributed by atoms with Crippen LogP contribution in [-0.2, 0) is 10.0 Å². The molecule has 1 fully saturated rings. The molecule has 4 rings (SSSR count). The number of fused-ring (bicyclic) bond motifs is 1. The van der Waals surface area contributed by atoms with Crippen LogP contribution < -0.4 is 0 Å². The molecular weight excluding hydrogens is 346 g/mol. The highest BCUT2D eigenvalue weighted by molar-refractivity contribution is 7.89. The zero-order valence-corrected chi connectivity index (χ0v) is 15.7. The summed E-state index contributed by atoms with van der Waals surface area (Å²) in [5.74, 6) is 0.746. The van der Waals surface area contributed by atoms with Gasteiger partial charge in [-0.2, -0.15) is 4.31 Å². The van der Waals surface area contributed by atoms with E-state index in [2.05, 4.69) is 9.97 Å². The fourth-order valence-electron chi connectivity index (χ4n) is 3.69. The lowest BCUT2D eigenvalue weighted by Gasteiger charge is -2.30. The third-order valence-corrected chi connectivity index (χ3v) is 7.17. The smallest absolute Gasteiger partial charge is 0.243 e. The van der Waals surface area contributed by atoms with Crippen molar-refractivity contribution in [3.8, 4) is 11.4 Å². The lowest BCUT2D eigenvalue weighted by Crippen LogP contribution is -2.38. The summed E-state index contributed by atoms with van der Waals surface area (Å²) in [6, 6.07) is 15.1. The number of aromatic amines is 1. The second-order valence-electron chi connectivity index (χ2n) is 6.94. The van der Waals surface area contributed by atoms with Crippen molar-refractivity contribution in [2.75, 3.05) is 7.05 Å². The van der Waals surface area contributed by atoms with E-state index in [-0.39, 0.29) is 6.04 Å². The van der Waals surface area contributed by atoms with Gasteiger partial charge in [0.2, 0.25) is 10.0 Å². The monoisotopic (exact) mass is 369 g/mol. The molecule has 0 bridgehead atoms. The van der Waals surface area contributed by atoms with Gasteiger partial charge in [-0.3, -0.25) is 0 Å². The van der Waals surface area contributed by atoms with Gasteiger partial charge >= 0.3 is 0 Å². The Morgan fingerprint density at radius 2 is 1.77 bits per heavy atom. The largest absolute Gasteiger partial charge is 0.338 e. The van der Waals surface area contributed by atoms with E-state index >= 15 is 0 Å². The molecule has 0 radical (unpaired) electrons. The van der Waals surface area contributed by atoms with Crippen molar-refractivity contribution in [1.82, 2.24) is 14.3 Å². The molecule has 1 aliphatic rings. The summed E-state index contributed by atoms with van der Waals surface area (Å²) in [4.78, 5) is 8.15. The average Bonchev–Trinajstić information content (AvgIpc) is 3.12. The topological polar surface area (TPSA) is 66.1 Å². The molecule has 0 spiro atoms. The minimum atomic E-state index is -3.50. The highest BCUT2D eigenvalue weighted by atomic mass is 32.2. The predicted octanol–water partition coefficient (Wildman–Crippen LogP) is 4.18. The van der Waals surface area contributed by atoms with E-state index in [1.54, 1.807) is 29.6 Å². The number of nitrogens with one attached hydrogen (secondary N) is 1. The summed E-state index contributed by atoms with van der Waals surface area (Å²) in [5.41, 5.74) is 2.48. The fraction of sp³-hybridized carbons (Fsp3) is 0.350. The third-order valence-electron chi connectivity index (χ3n) is 5.27. The average molecular weight is 369 g/mol. The molecule has 0 amide bonds. The molecule has 5 nitrogen and oxygen atoms in total. The van der Waals surface area contributed by atoms with Gasteiger partial charge in [-0.05, 0) is 31.0 Å². The van der Waals surface area contributed by atoms with Crippen LogP contribution >= 0.6 is 0 Å². The van der Waals surface area contributed by atoms with Crippen molar-refractivity contribution in [3.63, 3.8) is 0 Å². The molecular formula is C20H23N3O2S. The van der Waals surface area contributed by atoms with Crippen molar-refractivity contribution in [3.05, 3.63) is 48.5 Å². The Morgan fingerprint density at radius 3 is 2.50 bits per heavy atom. The van der Waals surface area contributed by atoms with Crippen LogP contribution in [0, 0.1) is 0 Å². The number of sulfonamides is 1. The van der Waals surface area contributed by atoms with Gasteiger partial charge in [0.05, 0.1) is 15.9 Å². The number of benzene rings is 2. The Bertz CT molecular complexity index is 1010. The minimum Gasteiger partial charge on any atom is -0.338 e. The second-order valence-corrected chi connectivity index (χ2v) is 8.94. The molecule has 0 unspecified atom stereocenters. The van der Waals surface area contributed by atoms with E-state index in [1.165, 1.54) is 6.42 Å². The highest BCUT2D eigenvalue weighted by Crippen LogP contribution is 2.28. The van der Waals surface area contributed by atoms with Crippen molar-refractivity contribution in [1.29, 1.82) is 0 Å². The zero-order valence-electron chi connectivity index (χ0n) is 14.9. The minimum absolute atomic E-state index is 0.103. The molecule has 1 aliphatic carbocycles. The number of hydrogen-bond acceptors (Lipinski definition) is 3. The first-order chi connectivity index (χ1) is 12.6. The Hall–Kier alpha value is -2.18. The molecule has 0 atom stereocenters. The summed E-state index contributed by atoms with van der Waals surface area (Å²) in [6.45, 7) is 0. The van der Waals surface area contributed by atoms with Crippen LogP contribution in [0.3, 0.4) is 0 Å². The maximum Gasteiger partial charge on any atom is 0.243 e. The Morgan fingerprint density at radius 1 is 1.04 bits per heavy atom. The first-order valence-electron chi connectivity index (χ1n) is 9.09. The van der Waals surface area contributed by atoms with Crippen LogP contribution in [0.25, 0.3) is 22.4 Å². The van der Waals surface area contributed by atoms with Crippen LogP contribution in [0.5, 0.6) is 0 Å². The predicted molar refractivity (Wildman–Crippen MR) is 103 cm³/mol. The highest BCUT2D eigenvalue weighted by Gasteiger charge is 2.29. The van der Waals surface area contributed by atoms with Gasteiger partial charge in [-0.25, -0.2) is 13.4 Å². The summed E-state index contributed by atoms with van der Waals surface area (Å²) in [5, 5.41) is 0. The van der Waals surface area contributed by atoms with Gasteiger partial charge in [-0.1, -0.05) is 49.6 Å². The molecule has 136 valence electrons. The number of aromatic nitrogens is 2. The normalized spacial score (nSPS) is 16.4. The van der Waals surface area contributed by atoms with Crippen LogP contribution in [0.2, 0.25) is 0 Å².